The number of rotatable bonds is 14. The van der Waals surface area contributed by atoms with Gasteiger partial charge in [-0.1, -0.05) is 200 Å². The van der Waals surface area contributed by atoms with Crippen molar-refractivity contribution in [1.82, 2.24) is 15.0 Å². The highest BCUT2D eigenvalue weighted by atomic mass is 14.7. The maximum Gasteiger partial charge on any atom is 0.0708 e. The van der Waals surface area contributed by atoms with E-state index in [1.807, 2.05) is 42.9 Å². The Kier molecular flexibility index (Phi) is 12.9. The first-order valence-electron chi connectivity index (χ1n) is 24.2. The van der Waals surface area contributed by atoms with Gasteiger partial charge in [-0.05, 0) is 146 Å². The third kappa shape index (κ3) is 10.2. The van der Waals surface area contributed by atoms with Gasteiger partial charge in [0.05, 0.1) is 17.1 Å². The largest absolute Gasteiger partial charge is 0.256 e. The second-order valence-corrected chi connectivity index (χ2v) is 17.9. The predicted octanol–water partition coefficient (Wildman–Crippen LogP) is 16.8. The van der Waals surface area contributed by atoms with Gasteiger partial charge in [0.1, 0.15) is 0 Å². The Labute approximate surface area is 411 Å². The van der Waals surface area contributed by atoms with Crippen LogP contribution in [-0.2, 0) is 25.7 Å². The highest BCUT2D eigenvalue weighted by Gasteiger charge is 2.13. The summed E-state index contributed by atoms with van der Waals surface area (Å²) >= 11 is 0. The smallest absolute Gasteiger partial charge is 0.0708 e. The molecule has 0 unspecified atom stereocenters. The van der Waals surface area contributed by atoms with Crippen molar-refractivity contribution in [3.8, 4) is 89.4 Å². The topological polar surface area (TPSA) is 38.7 Å². The average Bonchev–Trinajstić information content (AvgIpc) is 3.45. The van der Waals surface area contributed by atoms with Gasteiger partial charge in [0.2, 0.25) is 0 Å². The lowest BCUT2D eigenvalue weighted by Crippen LogP contribution is -1.98. The van der Waals surface area contributed by atoms with Crippen LogP contribution in [0.3, 0.4) is 0 Å². The zero-order valence-electron chi connectivity index (χ0n) is 39.0. The molecule has 3 heteroatoms. The molecule has 70 heavy (non-hydrogen) atoms. The van der Waals surface area contributed by atoms with E-state index in [0.29, 0.717) is 0 Å². The van der Waals surface area contributed by atoms with Crippen LogP contribution < -0.4 is 0 Å². The summed E-state index contributed by atoms with van der Waals surface area (Å²) in [7, 11) is 0. The first-order valence-corrected chi connectivity index (χ1v) is 24.2. The molecule has 0 aliphatic carbocycles. The number of aromatic nitrogens is 3. The number of nitrogens with zero attached hydrogens (tertiary/aromatic N) is 3. The van der Waals surface area contributed by atoms with Crippen molar-refractivity contribution in [2.75, 3.05) is 0 Å². The molecule has 11 aromatic rings. The summed E-state index contributed by atoms with van der Waals surface area (Å²) < 4.78 is 0. The number of aryl methyl sites for hydroxylation is 4. The zero-order valence-corrected chi connectivity index (χ0v) is 39.0. The minimum Gasteiger partial charge on any atom is -0.256 e. The lowest BCUT2D eigenvalue weighted by Gasteiger charge is -2.15. The van der Waals surface area contributed by atoms with E-state index in [0.717, 1.165) is 70.6 Å². The molecule has 0 spiro atoms. The maximum absolute atomic E-state index is 4.83. The molecule has 0 aliphatic heterocycles. The Balaban J connectivity index is 0.839. The Morgan fingerprint density at radius 1 is 0.200 bits per heavy atom. The standard InChI is InChI=1S/C67H51N3/c1-2-11-52(12-3-1)59-13-10-14-60(46-59)53-31-33-54(34-32-53)61-39-42-70-67(47-61)58-37-35-55(36-38-58)63-15-4-5-16-64(63)62-44-50(21-19-48-23-27-56(28-24-48)65-17-6-8-40-68-65)43-51(45-62)22-20-49-25-29-57(30-26-49)66-18-7-9-41-69-66/h1-18,23-47H,19-22H2. The Hall–Kier alpha value is -8.79. The molecule has 3 aromatic heterocycles. The van der Waals surface area contributed by atoms with E-state index in [4.69, 9.17) is 4.98 Å². The first-order chi connectivity index (χ1) is 34.6. The SMILES string of the molecule is c1ccc(-c2cccc(-c3ccc(-c4ccnc(-c5ccc(-c6ccccc6-c6cc(CCc7ccc(-c8ccccn8)cc7)cc(CCc7ccc(-c8ccccn8)cc7)c6)cc5)c4)cc3)c2)cc1. The first kappa shape index (κ1) is 43.8. The normalized spacial score (nSPS) is 11.1. The molecule has 3 nitrogen and oxygen atoms in total. The summed E-state index contributed by atoms with van der Waals surface area (Å²) in [6.45, 7) is 0. The Morgan fingerprint density at radius 2 is 0.600 bits per heavy atom. The van der Waals surface area contributed by atoms with Crippen LogP contribution in [0.4, 0.5) is 0 Å². The molecule has 0 saturated carbocycles. The van der Waals surface area contributed by atoms with Gasteiger partial charge in [-0.3, -0.25) is 15.0 Å². The van der Waals surface area contributed by atoms with E-state index in [1.54, 1.807) is 0 Å². The summed E-state index contributed by atoms with van der Waals surface area (Å²) in [5.74, 6) is 0. The maximum atomic E-state index is 4.83. The molecule has 8 aromatic carbocycles. The van der Waals surface area contributed by atoms with Crippen LogP contribution in [0, 0.1) is 0 Å². The third-order valence-electron chi connectivity index (χ3n) is 13.3. The van der Waals surface area contributed by atoms with Gasteiger partial charge in [0.25, 0.3) is 0 Å². The molecule has 0 atom stereocenters. The summed E-state index contributed by atoms with van der Waals surface area (Å²) in [4.78, 5) is 13.9. The minimum atomic E-state index is 0.943. The van der Waals surface area contributed by atoms with E-state index in [2.05, 4.69) is 228 Å². The number of hydrogen-bond acceptors (Lipinski definition) is 3. The Bertz CT molecular complexity index is 3370. The molecule has 0 radical (unpaired) electrons. The van der Waals surface area contributed by atoms with Crippen molar-refractivity contribution in [2.45, 2.75) is 25.7 Å². The van der Waals surface area contributed by atoms with Gasteiger partial charge >= 0.3 is 0 Å². The van der Waals surface area contributed by atoms with Crippen LogP contribution >= 0.6 is 0 Å². The molecule has 3 heterocycles. The van der Waals surface area contributed by atoms with E-state index in [9.17, 15) is 0 Å². The van der Waals surface area contributed by atoms with Gasteiger partial charge < -0.3 is 0 Å². The van der Waals surface area contributed by atoms with Crippen LogP contribution in [0.1, 0.15) is 22.3 Å². The van der Waals surface area contributed by atoms with E-state index in [1.165, 1.54) is 66.8 Å². The molecule has 334 valence electrons. The molecule has 11 rings (SSSR count). The highest BCUT2D eigenvalue weighted by molar-refractivity contribution is 5.85. The molecular formula is C67H51N3. The fourth-order valence-corrected chi connectivity index (χ4v) is 9.47. The van der Waals surface area contributed by atoms with Gasteiger partial charge in [-0.2, -0.15) is 0 Å². The molecule has 0 aliphatic rings. The Morgan fingerprint density at radius 3 is 1.14 bits per heavy atom. The van der Waals surface area contributed by atoms with Crippen molar-refractivity contribution in [3.05, 3.63) is 283 Å². The fourth-order valence-electron chi connectivity index (χ4n) is 9.47. The van der Waals surface area contributed by atoms with Gasteiger partial charge in [-0.25, -0.2) is 0 Å². The van der Waals surface area contributed by atoms with Crippen molar-refractivity contribution >= 4 is 0 Å². The number of benzene rings is 8. The van der Waals surface area contributed by atoms with Crippen LogP contribution in [0.2, 0.25) is 0 Å². The number of hydrogen-bond donors (Lipinski definition) is 0. The second-order valence-electron chi connectivity index (χ2n) is 17.9. The average molecular weight is 898 g/mol. The fraction of sp³-hybridized carbons (Fsp3) is 0.0597. The molecule has 0 N–H and O–H groups in total. The van der Waals surface area contributed by atoms with Crippen molar-refractivity contribution in [1.29, 1.82) is 0 Å². The van der Waals surface area contributed by atoms with E-state index in [-0.39, 0.29) is 0 Å². The quantitative estimate of drug-likeness (QED) is 0.109. The summed E-state index contributed by atoms with van der Waals surface area (Å²) in [5.41, 5.74) is 23.6. The van der Waals surface area contributed by atoms with Crippen LogP contribution in [-0.4, -0.2) is 15.0 Å². The van der Waals surface area contributed by atoms with Crippen molar-refractivity contribution in [3.63, 3.8) is 0 Å². The highest BCUT2D eigenvalue weighted by Crippen LogP contribution is 2.36. The monoisotopic (exact) mass is 897 g/mol. The lowest BCUT2D eigenvalue weighted by molar-refractivity contribution is 0.931. The van der Waals surface area contributed by atoms with Crippen LogP contribution in [0.25, 0.3) is 89.4 Å². The van der Waals surface area contributed by atoms with Crippen LogP contribution in [0.15, 0.2) is 261 Å². The molecule has 0 fully saturated rings. The van der Waals surface area contributed by atoms with Crippen LogP contribution in [0.5, 0.6) is 0 Å². The summed E-state index contributed by atoms with van der Waals surface area (Å²) in [5, 5.41) is 0. The molecule has 0 saturated heterocycles. The second kappa shape index (κ2) is 20.6. The van der Waals surface area contributed by atoms with E-state index >= 15 is 0 Å². The van der Waals surface area contributed by atoms with Gasteiger partial charge in [0.15, 0.2) is 0 Å². The summed E-state index contributed by atoms with van der Waals surface area (Å²) in [6.07, 6.45) is 9.41. The summed E-state index contributed by atoms with van der Waals surface area (Å²) in [6, 6.07) is 87.4. The van der Waals surface area contributed by atoms with Gasteiger partial charge in [-0.15, -0.1) is 0 Å². The predicted molar refractivity (Wildman–Crippen MR) is 291 cm³/mol. The third-order valence-corrected chi connectivity index (χ3v) is 13.3. The van der Waals surface area contributed by atoms with Crippen molar-refractivity contribution in [2.24, 2.45) is 0 Å². The minimum absolute atomic E-state index is 0.943. The lowest BCUT2D eigenvalue weighted by atomic mass is 9.90. The molecule has 0 amide bonds. The number of pyridine rings is 3. The molecule has 0 bridgehead atoms. The van der Waals surface area contributed by atoms with E-state index < -0.39 is 0 Å². The van der Waals surface area contributed by atoms with Crippen molar-refractivity contribution < 1.29 is 0 Å². The molecular weight excluding hydrogens is 847 g/mol. The van der Waals surface area contributed by atoms with Gasteiger partial charge in [0, 0.05) is 35.3 Å². The zero-order chi connectivity index (χ0) is 46.9.